The summed E-state index contributed by atoms with van der Waals surface area (Å²) in [6.45, 7) is 4.64. The lowest BCUT2D eigenvalue weighted by Gasteiger charge is -2.41. The molecule has 2 aliphatic heterocycles. The number of hydrogen-bond acceptors (Lipinski definition) is 6. The third-order valence-electron chi connectivity index (χ3n) is 3.06. The van der Waals surface area contributed by atoms with Gasteiger partial charge < -0.3 is 14.4 Å². The van der Waals surface area contributed by atoms with E-state index < -0.39 is 29.5 Å². The third kappa shape index (κ3) is 2.56. The van der Waals surface area contributed by atoms with E-state index in [4.69, 9.17) is 4.74 Å². The average Bonchev–Trinajstić information content (AvgIpc) is 2.57. The van der Waals surface area contributed by atoms with Gasteiger partial charge in [-0.1, -0.05) is 22.6 Å². The quantitative estimate of drug-likeness (QED) is 0.231. The molecule has 2 heterocycles. The van der Waals surface area contributed by atoms with E-state index in [0.717, 1.165) is 0 Å². The zero-order valence-corrected chi connectivity index (χ0v) is 13.7. The zero-order chi connectivity index (χ0) is 14.4. The van der Waals surface area contributed by atoms with Gasteiger partial charge in [-0.3, -0.25) is 9.59 Å². The Morgan fingerprint density at radius 2 is 2.05 bits per heavy atom. The van der Waals surface area contributed by atoms with Crippen molar-refractivity contribution in [3.05, 3.63) is 0 Å². The normalized spacial score (nSPS) is 31.5. The maximum Gasteiger partial charge on any atom is 0.333 e. The van der Waals surface area contributed by atoms with Gasteiger partial charge in [0.2, 0.25) is 12.7 Å². The van der Waals surface area contributed by atoms with E-state index in [2.05, 4.69) is 27.3 Å². The fraction of sp³-hybridized carbons (Fsp3) is 0.727. The van der Waals surface area contributed by atoms with Crippen LogP contribution < -0.4 is 0 Å². The van der Waals surface area contributed by atoms with Gasteiger partial charge in [0, 0.05) is 11.7 Å². The standard InChI is InChI=1S/C11H14INO5S/c1-5(14)17-4-18-10(16)7-11(2,3)19-9-6(12)8(15)13(7)9/h6-7,9H,4H2,1-3H3/t6-,7-,9+/m0/s1. The van der Waals surface area contributed by atoms with Crippen LogP contribution in [0.4, 0.5) is 0 Å². The molecular formula is C11H14INO5S. The molecule has 0 unspecified atom stereocenters. The number of nitrogens with zero attached hydrogens (tertiary/aromatic N) is 1. The molecular weight excluding hydrogens is 385 g/mol. The molecule has 3 atom stereocenters. The largest absolute Gasteiger partial charge is 0.428 e. The van der Waals surface area contributed by atoms with Crippen LogP contribution in [-0.4, -0.2) is 49.6 Å². The summed E-state index contributed by atoms with van der Waals surface area (Å²) in [5.74, 6) is -1.09. The van der Waals surface area contributed by atoms with Gasteiger partial charge in [0.25, 0.3) is 0 Å². The predicted molar refractivity (Wildman–Crippen MR) is 76.6 cm³/mol. The lowest BCUT2D eigenvalue weighted by molar-refractivity contribution is -0.174. The minimum Gasteiger partial charge on any atom is -0.428 e. The topological polar surface area (TPSA) is 72.9 Å². The second-order valence-corrected chi connectivity index (χ2v) is 7.99. The van der Waals surface area contributed by atoms with Gasteiger partial charge in [0.05, 0.1) is 0 Å². The fourth-order valence-corrected chi connectivity index (χ4v) is 4.84. The van der Waals surface area contributed by atoms with Crippen LogP contribution in [0.2, 0.25) is 0 Å². The highest BCUT2D eigenvalue weighted by Gasteiger charge is 2.63. The Morgan fingerprint density at radius 3 is 2.63 bits per heavy atom. The number of hydrogen-bond donors (Lipinski definition) is 0. The Kier molecular flexibility index (Phi) is 4.01. The number of rotatable bonds is 3. The van der Waals surface area contributed by atoms with Crippen LogP contribution in [0.1, 0.15) is 20.8 Å². The lowest BCUT2D eigenvalue weighted by Crippen LogP contribution is -2.63. The summed E-state index contributed by atoms with van der Waals surface area (Å²) in [6.07, 6.45) is 0. The van der Waals surface area contributed by atoms with Crippen LogP contribution in [0.5, 0.6) is 0 Å². The molecule has 0 spiro atoms. The number of alkyl halides is 1. The molecule has 0 aromatic heterocycles. The minimum atomic E-state index is -0.628. The van der Waals surface area contributed by atoms with E-state index in [9.17, 15) is 14.4 Å². The van der Waals surface area contributed by atoms with Crippen molar-refractivity contribution in [2.24, 2.45) is 0 Å². The van der Waals surface area contributed by atoms with Crippen LogP contribution in [-0.2, 0) is 23.9 Å². The first kappa shape index (κ1) is 14.9. The highest BCUT2D eigenvalue weighted by Crippen LogP contribution is 2.53. The number of carbonyl (C=O) groups is 3. The predicted octanol–water partition coefficient (Wildman–Crippen LogP) is 0.916. The van der Waals surface area contributed by atoms with E-state index in [1.54, 1.807) is 16.7 Å². The van der Waals surface area contributed by atoms with Gasteiger partial charge in [-0.15, -0.1) is 11.8 Å². The number of esters is 2. The molecule has 2 rings (SSSR count). The van der Waals surface area contributed by atoms with Gasteiger partial charge in [-0.25, -0.2) is 4.79 Å². The Balaban J connectivity index is 2.03. The van der Waals surface area contributed by atoms with Crippen molar-refractivity contribution in [1.82, 2.24) is 4.90 Å². The van der Waals surface area contributed by atoms with Crippen molar-refractivity contribution in [1.29, 1.82) is 0 Å². The van der Waals surface area contributed by atoms with E-state index in [1.807, 2.05) is 13.8 Å². The fourth-order valence-electron chi connectivity index (χ4n) is 2.20. The van der Waals surface area contributed by atoms with Crippen LogP contribution in [0.3, 0.4) is 0 Å². The summed E-state index contributed by atoms with van der Waals surface area (Å²) in [5.41, 5.74) is 0. The van der Waals surface area contributed by atoms with E-state index in [1.165, 1.54) is 6.92 Å². The third-order valence-corrected chi connectivity index (χ3v) is 6.34. The molecule has 0 aliphatic carbocycles. The first-order chi connectivity index (χ1) is 8.75. The molecule has 0 aromatic rings. The SMILES string of the molecule is CC(=O)OCOC(=O)[C@@H]1N2C(=O)[C@H](I)[C@H]2SC1(C)C. The first-order valence-electron chi connectivity index (χ1n) is 5.70. The molecule has 2 fully saturated rings. The minimum absolute atomic E-state index is 0.0226. The van der Waals surface area contributed by atoms with Gasteiger partial charge in [-0.2, -0.15) is 0 Å². The lowest BCUT2D eigenvalue weighted by atomic mass is 9.98. The summed E-state index contributed by atoms with van der Waals surface area (Å²) < 4.78 is 8.99. The van der Waals surface area contributed by atoms with Crippen LogP contribution in [0, 0.1) is 0 Å². The molecule has 0 saturated carbocycles. The monoisotopic (exact) mass is 399 g/mol. The second-order valence-electron chi connectivity index (χ2n) is 4.88. The summed E-state index contributed by atoms with van der Waals surface area (Å²) in [6, 6.07) is -0.628. The Labute approximate surface area is 128 Å². The van der Waals surface area contributed by atoms with Gasteiger partial charge in [-0.05, 0) is 13.8 Å². The van der Waals surface area contributed by atoms with Crippen molar-refractivity contribution in [2.45, 2.75) is 40.9 Å². The number of β-lactam (4-membered cyclic amide) rings is 1. The molecule has 0 radical (unpaired) electrons. The summed E-state index contributed by atoms with van der Waals surface area (Å²) in [4.78, 5) is 36.1. The highest BCUT2D eigenvalue weighted by molar-refractivity contribution is 14.1. The van der Waals surface area contributed by atoms with Crippen molar-refractivity contribution in [2.75, 3.05) is 6.79 Å². The first-order valence-corrected chi connectivity index (χ1v) is 7.82. The number of halogens is 1. The van der Waals surface area contributed by atoms with Crippen molar-refractivity contribution in [3.63, 3.8) is 0 Å². The zero-order valence-electron chi connectivity index (χ0n) is 10.7. The highest BCUT2D eigenvalue weighted by atomic mass is 127. The molecule has 6 nitrogen and oxygen atoms in total. The van der Waals surface area contributed by atoms with E-state index in [0.29, 0.717) is 0 Å². The van der Waals surface area contributed by atoms with Gasteiger partial charge >= 0.3 is 11.9 Å². The number of ether oxygens (including phenoxy) is 2. The molecule has 106 valence electrons. The van der Waals surface area contributed by atoms with E-state index >= 15 is 0 Å². The molecule has 0 aromatic carbocycles. The molecule has 0 bridgehead atoms. The number of carbonyl (C=O) groups excluding carboxylic acids is 3. The molecule has 8 heteroatoms. The van der Waals surface area contributed by atoms with Crippen molar-refractivity contribution >= 4 is 52.2 Å². The van der Waals surface area contributed by atoms with E-state index in [-0.39, 0.29) is 15.2 Å². The Hall–Kier alpha value is -0.510. The molecule has 1 amide bonds. The molecule has 19 heavy (non-hydrogen) atoms. The number of fused-ring (bicyclic) bond motifs is 1. The maximum atomic E-state index is 12.1. The van der Waals surface area contributed by atoms with Gasteiger partial charge in [0.1, 0.15) is 15.3 Å². The van der Waals surface area contributed by atoms with Crippen LogP contribution in [0.15, 0.2) is 0 Å². The molecule has 2 aliphatic rings. The summed E-state index contributed by atoms with van der Waals surface area (Å²) in [5, 5.41) is 0.0226. The Morgan fingerprint density at radius 1 is 1.42 bits per heavy atom. The van der Waals surface area contributed by atoms with Crippen molar-refractivity contribution in [3.8, 4) is 0 Å². The number of amides is 1. The molecule has 2 saturated heterocycles. The summed E-state index contributed by atoms with van der Waals surface area (Å²) >= 11 is 3.69. The second kappa shape index (κ2) is 5.12. The summed E-state index contributed by atoms with van der Waals surface area (Å²) in [7, 11) is 0. The van der Waals surface area contributed by atoms with Crippen LogP contribution in [0.25, 0.3) is 0 Å². The Bertz CT molecular complexity index is 441. The maximum absolute atomic E-state index is 12.1. The molecule has 0 N–H and O–H groups in total. The van der Waals surface area contributed by atoms with Gasteiger partial charge in [0.15, 0.2) is 0 Å². The van der Waals surface area contributed by atoms with Crippen molar-refractivity contribution < 1.29 is 23.9 Å². The van der Waals surface area contributed by atoms with Crippen LogP contribution >= 0.6 is 34.4 Å². The smallest absolute Gasteiger partial charge is 0.333 e. The number of thioether (sulfide) groups is 1. The average molecular weight is 399 g/mol.